The number of rotatable bonds is 2. The van der Waals surface area contributed by atoms with Crippen LogP contribution in [0.25, 0.3) is 0 Å². The average molecular weight is 431 g/mol. The second-order valence-corrected chi connectivity index (χ2v) is 10.3. The second kappa shape index (κ2) is 5.89. The Bertz CT molecular complexity index is 1120. The first kappa shape index (κ1) is 17.6. The molecule has 6 rings (SSSR count). The van der Waals surface area contributed by atoms with Crippen molar-refractivity contribution in [3.63, 3.8) is 0 Å². The van der Waals surface area contributed by atoms with Gasteiger partial charge in [0, 0.05) is 21.6 Å². The van der Waals surface area contributed by atoms with E-state index in [1.54, 1.807) is 17.8 Å². The monoisotopic (exact) mass is 431 g/mol. The van der Waals surface area contributed by atoms with E-state index in [2.05, 4.69) is 4.98 Å². The fourth-order valence-corrected chi connectivity index (χ4v) is 9.00. The van der Waals surface area contributed by atoms with E-state index >= 15 is 0 Å². The molecule has 0 radical (unpaired) electrons. The first-order valence-electron chi connectivity index (χ1n) is 9.50. The number of esters is 2. The van der Waals surface area contributed by atoms with E-state index in [9.17, 15) is 19.5 Å². The third-order valence-corrected chi connectivity index (χ3v) is 9.63. The number of methoxy groups -OCH3 is 1. The molecular formula is C20H17NO6S2. The number of cyclic esters (lactones) is 2. The maximum absolute atomic E-state index is 12.4. The predicted molar refractivity (Wildman–Crippen MR) is 104 cm³/mol. The number of hydrogen-bond donors (Lipinski definition) is 2. The van der Waals surface area contributed by atoms with E-state index in [0.29, 0.717) is 11.3 Å². The van der Waals surface area contributed by atoms with E-state index in [1.165, 1.54) is 7.11 Å². The summed E-state index contributed by atoms with van der Waals surface area (Å²) in [4.78, 5) is 40.6. The number of carbonyl (C=O) groups is 2. The Labute approximate surface area is 173 Å². The molecule has 2 N–H and O–H groups in total. The van der Waals surface area contributed by atoms with Crippen molar-refractivity contribution < 1.29 is 24.2 Å². The largest absolute Gasteiger partial charge is 0.504 e. The van der Waals surface area contributed by atoms with Gasteiger partial charge in [-0.15, -0.1) is 11.8 Å². The lowest BCUT2D eigenvalue weighted by Gasteiger charge is -2.42. The molecule has 9 heteroatoms. The van der Waals surface area contributed by atoms with Crippen LogP contribution in [-0.2, 0) is 14.3 Å². The smallest absolute Gasteiger partial charge is 0.317 e. The molecule has 0 spiro atoms. The SMILES string of the molecule is COc1cccc([C@@H]2c3sc(=O)[nH]c3S[C@@H]3[C@@H]4C[C@H]([C@H]5C(=O)OC(=O)[C@H]45)[C@H]23)c1O. The number of fused-ring (bicyclic) bond motifs is 9. The van der Waals surface area contributed by atoms with Crippen LogP contribution in [0.15, 0.2) is 28.0 Å². The second-order valence-electron chi connectivity index (χ2n) is 8.10. The van der Waals surface area contributed by atoms with Crippen LogP contribution in [0.5, 0.6) is 11.5 Å². The van der Waals surface area contributed by atoms with Gasteiger partial charge in [0.15, 0.2) is 11.5 Å². The number of hydrogen-bond acceptors (Lipinski definition) is 8. The molecule has 1 aromatic heterocycles. The third kappa shape index (κ3) is 2.17. The Morgan fingerprint density at radius 1 is 1.17 bits per heavy atom. The van der Waals surface area contributed by atoms with Gasteiger partial charge in [0.2, 0.25) is 0 Å². The normalized spacial score (nSPS) is 36.5. The first-order chi connectivity index (χ1) is 14.0. The van der Waals surface area contributed by atoms with Gasteiger partial charge in [-0.05, 0) is 30.2 Å². The van der Waals surface area contributed by atoms with Crippen LogP contribution in [0.1, 0.15) is 22.8 Å². The lowest BCUT2D eigenvalue weighted by Crippen LogP contribution is -2.42. The van der Waals surface area contributed by atoms with Gasteiger partial charge in [-0.2, -0.15) is 0 Å². The molecule has 0 unspecified atom stereocenters. The van der Waals surface area contributed by atoms with E-state index in [1.807, 2.05) is 12.1 Å². The molecule has 29 heavy (non-hydrogen) atoms. The van der Waals surface area contributed by atoms with Crippen LogP contribution >= 0.6 is 23.1 Å². The summed E-state index contributed by atoms with van der Waals surface area (Å²) in [5.41, 5.74) is 0.693. The van der Waals surface area contributed by atoms with Crippen LogP contribution in [0.4, 0.5) is 0 Å². The van der Waals surface area contributed by atoms with Gasteiger partial charge in [0.25, 0.3) is 0 Å². The molecule has 3 heterocycles. The maximum atomic E-state index is 12.4. The number of thiazole rings is 1. The van der Waals surface area contributed by atoms with E-state index in [4.69, 9.17) is 9.47 Å². The van der Waals surface area contributed by atoms with Crippen LogP contribution in [0.3, 0.4) is 0 Å². The van der Waals surface area contributed by atoms with Crippen molar-refractivity contribution in [2.24, 2.45) is 29.6 Å². The molecular weight excluding hydrogens is 414 g/mol. The summed E-state index contributed by atoms with van der Waals surface area (Å²) in [6.07, 6.45) is 0.791. The summed E-state index contributed by atoms with van der Waals surface area (Å²) in [6, 6.07) is 5.37. The van der Waals surface area contributed by atoms with Crippen molar-refractivity contribution in [2.75, 3.05) is 7.11 Å². The van der Waals surface area contributed by atoms with E-state index in [-0.39, 0.29) is 45.5 Å². The molecule has 4 aliphatic rings. The minimum atomic E-state index is -0.419. The fraction of sp³-hybridized carbons (Fsp3) is 0.450. The molecule has 2 aliphatic heterocycles. The summed E-state index contributed by atoms with van der Waals surface area (Å²) in [5.74, 6) is -1.38. The molecule has 2 bridgehead atoms. The zero-order valence-electron chi connectivity index (χ0n) is 15.3. The van der Waals surface area contributed by atoms with Gasteiger partial charge in [-0.3, -0.25) is 14.4 Å². The van der Waals surface area contributed by atoms with Crippen molar-refractivity contribution >= 4 is 35.0 Å². The molecule has 2 aliphatic carbocycles. The number of aromatic amines is 1. The van der Waals surface area contributed by atoms with Gasteiger partial charge in [0.05, 0.1) is 24.0 Å². The van der Waals surface area contributed by atoms with Crippen molar-refractivity contribution in [3.05, 3.63) is 38.3 Å². The minimum Gasteiger partial charge on any atom is -0.504 e. The lowest BCUT2D eigenvalue weighted by molar-refractivity contribution is -0.154. The predicted octanol–water partition coefficient (Wildman–Crippen LogP) is 2.34. The highest BCUT2D eigenvalue weighted by Gasteiger charge is 2.69. The molecule has 150 valence electrons. The lowest BCUT2D eigenvalue weighted by atomic mass is 9.68. The molecule has 7 nitrogen and oxygen atoms in total. The Hall–Kier alpha value is -2.26. The number of aromatic nitrogens is 1. The number of phenols is 1. The summed E-state index contributed by atoms with van der Waals surface area (Å²) in [7, 11) is 1.50. The van der Waals surface area contributed by atoms with Gasteiger partial charge >= 0.3 is 16.8 Å². The maximum Gasteiger partial charge on any atom is 0.317 e. The zero-order chi connectivity index (χ0) is 20.0. The number of phenolic OH excluding ortho intramolecular Hbond substituents is 1. The molecule has 2 saturated carbocycles. The van der Waals surface area contributed by atoms with Gasteiger partial charge in [-0.1, -0.05) is 23.5 Å². The third-order valence-electron chi connectivity index (χ3n) is 7.04. The number of H-pyrrole nitrogens is 1. The number of carbonyl (C=O) groups excluding carboxylic acids is 2. The van der Waals surface area contributed by atoms with Crippen molar-refractivity contribution in [3.8, 4) is 11.5 Å². The fourth-order valence-electron chi connectivity index (χ4n) is 6.12. The van der Waals surface area contributed by atoms with Crippen LogP contribution in [0, 0.1) is 29.6 Å². The van der Waals surface area contributed by atoms with Crippen LogP contribution < -0.4 is 9.61 Å². The van der Waals surface area contributed by atoms with Crippen molar-refractivity contribution in [1.29, 1.82) is 0 Å². The molecule has 2 aromatic rings. The number of aromatic hydroxyl groups is 1. The standard InChI is InChI=1S/C20H17NO6S2/c1-26-9-4-2-3-6(14(9)22)10-11-7-5-8(13-12(7)18(23)27-19(13)24)15(11)28-17-16(10)29-20(25)21-17/h2-4,7-8,10-13,15,22H,5H2,1H3,(H,21,25)/t7-,8+,10-,11+,12+,13+,15+/m0/s1. The van der Waals surface area contributed by atoms with Gasteiger partial charge in [0.1, 0.15) is 0 Å². The first-order valence-corrected chi connectivity index (χ1v) is 11.2. The van der Waals surface area contributed by atoms with Crippen LogP contribution in [0.2, 0.25) is 0 Å². The van der Waals surface area contributed by atoms with Crippen molar-refractivity contribution in [2.45, 2.75) is 22.6 Å². The number of ether oxygens (including phenoxy) is 2. The van der Waals surface area contributed by atoms with E-state index in [0.717, 1.165) is 27.7 Å². The highest BCUT2D eigenvalue weighted by molar-refractivity contribution is 8.00. The molecule has 7 atom stereocenters. The number of thioether (sulfide) groups is 1. The number of benzene rings is 1. The summed E-state index contributed by atoms with van der Waals surface area (Å²) < 4.78 is 10.3. The van der Waals surface area contributed by atoms with Crippen LogP contribution in [-0.4, -0.2) is 34.4 Å². The topological polar surface area (TPSA) is 106 Å². The quantitative estimate of drug-likeness (QED) is 0.555. The summed E-state index contributed by atoms with van der Waals surface area (Å²) >= 11 is 2.75. The Morgan fingerprint density at radius 3 is 2.69 bits per heavy atom. The highest BCUT2D eigenvalue weighted by Crippen LogP contribution is 2.68. The van der Waals surface area contributed by atoms with E-state index < -0.39 is 17.9 Å². The Kier molecular flexibility index (Phi) is 3.57. The number of nitrogens with one attached hydrogen (secondary N) is 1. The average Bonchev–Trinajstić information content (AvgIpc) is 3.41. The Morgan fingerprint density at radius 2 is 1.93 bits per heavy atom. The molecule has 0 amide bonds. The highest BCUT2D eigenvalue weighted by atomic mass is 32.2. The molecule has 1 aromatic carbocycles. The van der Waals surface area contributed by atoms with Gasteiger partial charge in [-0.25, -0.2) is 0 Å². The zero-order valence-corrected chi connectivity index (χ0v) is 16.9. The molecule has 3 fully saturated rings. The Balaban J connectivity index is 1.54. The summed E-state index contributed by atoms with van der Waals surface area (Å²) in [5, 5.41) is 11.8. The minimum absolute atomic E-state index is 0.0117. The van der Waals surface area contributed by atoms with Crippen molar-refractivity contribution in [1.82, 2.24) is 4.98 Å². The summed E-state index contributed by atoms with van der Waals surface area (Å²) in [6.45, 7) is 0. The number of para-hydroxylation sites is 1. The molecule has 1 saturated heterocycles. The van der Waals surface area contributed by atoms with Gasteiger partial charge < -0.3 is 19.6 Å².